The monoisotopic (exact) mass is 213 g/mol. The predicted molar refractivity (Wildman–Crippen MR) is 65.6 cm³/mol. The fraction of sp³-hybridized carbons (Fsp3) is 0. The molecule has 1 heterocycles. The summed E-state index contributed by atoms with van der Waals surface area (Å²) in [5.41, 5.74) is 1.21. The molecule has 0 radical (unpaired) electrons. The first kappa shape index (κ1) is 9.99. The van der Waals surface area contributed by atoms with Gasteiger partial charge in [-0.2, -0.15) is 0 Å². The molecule has 2 heteroatoms. The van der Waals surface area contributed by atoms with E-state index in [4.69, 9.17) is 0 Å². The Morgan fingerprint density at radius 3 is 2.47 bits per heavy atom. The lowest BCUT2D eigenvalue weighted by atomic mass is 10.2. The van der Waals surface area contributed by atoms with E-state index in [9.17, 15) is 0 Å². The molecule has 2 aromatic rings. The summed E-state index contributed by atoms with van der Waals surface area (Å²) in [7, 11) is 0. The zero-order valence-electron chi connectivity index (χ0n) is 8.21. The molecule has 0 aliphatic rings. The highest BCUT2D eigenvalue weighted by molar-refractivity contribution is 8.02. The first-order valence-corrected chi connectivity index (χ1v) is 5.62. The van der Waals surface area contributed by atoms with Gasteiger partial charge in [-0.25, -0.2) is 4.98 Å². The molecule has 15 heavy (non-hydrogen) atoms. The molecule has 0 amide bonds. The lowest BCUT2D eigenvalue weighted by Gasteiger charge is -1.93. The van der Waals surface area contributed by atoms with E-state index in [-0.39, 0.29) is 0 Å². The van der Waals surface area contributed by atoms with Crippen molar-refractivity contribution in [3.63, 3.8) is 0 Å². The Hall–Kier alpha value is -1.54. The van der Waals surface area contributed by atoms with Crippen molar-refractivity contribution in [2.75, 3.05) is 0 Å². The molecule has 2 rings (SSSR count). The van der Waals surface area contributed by atoms with Crippen molar-refractivity contribution >= 4 is 17.8 Å². The van der Waals surface area contributed by atoms with Crippen LogP contribution in [0.3, 0.4) is 0 Å². The fourth-order valence-electron chi connectivity index (χ4n) is 1.16. The van der Waals surface area contributed by atoms with Gasteiger partial charge in [-0.1, -0.05) is 48.2 Å². The van der Waals surface area contributed by atoms with Gasteiger partial charge in [0.05, 0.1) is 0 Å². The van der Waals surface area contributed by atoms with E-state index in [0.29, 0.717) is 0 Å². The summed E-state index contributed by atoms with van der Waals surface area (Å²) < 4.78 is 0. The number of hydrogen-bond acceptors (Lipinski definition) is 2. The lowest BCUT2D eigenvalue weighted by molar-refractivity contribution is 1.14. The minimum Gasteiger partial charge on any atom is -0.250 e. The van der Waals surface area contributed by atoms with E-state index in [1.165, 1.54) is 5.56 Å². The Morgan fingerprint density at radius 1 is 0.933 bits per heavy atom. The third-order valence-corrected chi connectivity index (χ3v) is 2.64. The molecule has 0 N–H and O–H groups in total. The molecule has 1 aromatic heterocycles. The Morgan fingerprint density at radius 2 is 1.73 bits per heavy atom. The maximum Gasteiger partial charge on any atom is 0.100 e. The van der Waals surface area contributed by atoms with Crippen LogP contribution in [0.4, 0.5) is 0 Å². The molecule has 0 saturated carbocycles. The molecule has 0 unspecified atom stereocenters. The first-order valence-electron chi connectivity index (χ1n) is 4.74. The fourth-order valence-corrected chi connectivity index (χ4v) is 1.81. The largest absolute Gasteiger partial charge is 0.250 e. The van der Waals surface area contributed by atoms with Crippen molar-refractivity contribution in [2.45, 2.75) is 5.03 Å². The summed E-state index contributed by atoms with van der Waals surface area (Å²) in [4.78, 5) is 4.22. The molecule has 0 spiro atoms. The molecule has 0 aliphatic heterocycles. The van der Waals surface area contributed by atoms with Crippen LogP contribution in [0.5, 0.6) is 0 Å². The van der Waals surface area contributed by atoms with Crippen LogP contribution in [0.15, 0.2) is 65.2 Å². The Labute approximate surface area is 93.9 Å². The van der Waals surface area contributed by atoms with Gasteiger partial charge in [0.15, 0.2) is 0 Å². The molecule has 0 bridgehead atoms. The van der Waals surface area contributed by atoms with E-state index in [1.807, 2.05) is 36.4 Å². The normalized spacial score (nSPS) is 10.7. The minimum absolute atomic E-state index is 1.02. The van der Waals surface area contributed by atoms with Gasteiger partial charge in [-0.05, 0) is 29.2 Å². The van der Waals surface area contributed by atoms with Gasteiger partial charge in [0.1, 0.15) is 5.03 Å². The smallest absolute Gasteiger partial charge is 0.100 e. The van der Waals surface area contributed by atoms with Crippen molar-refractivity contribution < 1.29 is 0 Å². The van der Waals surface area contributed by atoms with Crippen LogP contribution in [0, 0.1) is 0 Å². The van der Waals surface area contributed by atoms with Crippen LogP contribution in [0.2, 0.25) is 0 Å². The maximum absolute atomic E-state index is 4.22. The van der Waals surface area contributed by atoms with Crippen molar-refractivity contribution in [3.8, 4) is 0 Å². The molecular formula is C13H11NS. The maximum atomic E-state index is 4.22. The van der Waals surface area contributed by atoms with E-state index in [0.717, 1.165) is 5.03 Å². The average Bonchev–Trinajstić information content (AvgIpc) is 2.32. The highest BCUT2D eigenvalue weighted by Gasteiger charge is 1.88. The summed E-state index contributed by atoms with van der Waals surface area (Å²) in [5.74, 6) is 0. The summed E-state index contributed by atoms with van der Waals surface area (Å²) in [6, 6.07) is 16.2. The van der Waals surface area contributed by atoms with Gasteiger partial charge in [0, 0.05) is 6.20 Å². The van der Waals surface area contributed by atoms with E-state index >= 15 is 0 Å². The number of nitrogens with zero attached hydrogens (tertiary/aromatic N) is 1. The van der Waals surface area contributed by atoms with Crippen LogP contribution in [0.25, 0.3) is 6.08 Å². The second-order valence-corrected chi connectivity index (χ2v) is 3.93. The van der Waals surface area contributed by atoms with Gasteiger partial charge in [-0.3, -0.25) is 0 Å². The zero-order chi connectivity index (χ0) is 10.3. The van der Waals surface area contributed by atoms with Crippen molar-refractivity contribution in [3.05, 3.63) is 65.7 Å². The van der Waals surface area contributed by atoms with Gasteiger partial charge < -0.3 is 0 Å². The zero-order valence-corrected chi connectivity index (χ0v) is 9.02. The molecule has 0 atom stereocenters. The quantitative estimate of drug-likeness (QED) is 0.718. The van der Waals surface area contributed by atoms with Crippen LogP contribution in [0.1, 0.15) is 5.56 Å². The van der Waals surface area contributed by atoms with Crippen molar-refractivity contribution in [2.24, 2.45) is 0 Å². The van der Waals surface area contributed by atoms with Crippen LogP contribution < -0.4 is 0 Å². The highest BCUT2D eigenvalue weighted by atomic mass is 32.2. The standard InChI is InChI=1S/C13H11NS/c1-2-6-12(7-3-1)9-11-15-13-8-4-5-10-14-13/h1-11H/b11-9-. The Bertz CT molecular complexity index is 423. The molecule has 74 valence electrons. The molecular weight excluding hydrogens is 202 g/mol. The summed E-state index contributed by atoms with van der Waals surface area (Å²) in [6.45, 7) is 0. The van der Waals surface area contributed by atoms with Crippen LogP contribution in [-0.2, 0) is 0 Å². The summed E-state index contributed by atoms with van der Waals surface area (Å²) in [6.07, 6.45) is 3.89. The predicted octanol–water partition coefficient (Wildman–Crippen LogP) is 3.84. The van der Waals surface area contributed by atoms with Crippen molar-refractivity contribution in [1.82, 2.24) is 4.98 Å². The number of aromatic nitrogens is 1. The second kappa shape index (κ2) is 5.37. The Kier molecular flexibility index (Phi) is 3.58. The lowest BCUT2D eigenvalue weighted by Crippen LogP contribution is -1.73. The minimum atomic E-state index is 1.02. The third-order valence-electron chi connectivity index (χ3n) is 1.89. The molecule has 1 aromatic carbocycles. The van der Waals surface area contributed by atoms with E-state index in [1.54, 1.807) is 18.0 Å². The molecule has 1 nitrogen and oxygen atoms in total. The summed E-state index contributed by atoms with van der Waals surface area (Å²) >= 11 is 1.62. The third kappa shape index (κ3) is 3.26. The number of thioether (sulfide) groups is 1. The molecule has 0 aliphatic carbocycles. The van der Waals surface area contributed by atoms with Gasteiger partial charge in [-0.15, -0.1) is 0 Å². The topological polar surface area (TPSA) is 12.9 Å². The SMILES string of the molecule is C(=C/c1ccccc1)/Sc1ccccn1. The second-order valence-electron chi connectivity index (χ2n) is 3.00. The molecule has 0 saturated heterocycles. The highest BCUT2D eigenvalue weighted by Crippen LogP contribution is 2.16. The number of rotatable bonds is 3. The van der Waals surface area contributed by atoms with Crippen LogP contribution >= 0.6 is 11.8 Å². The van der Waals surface area contributed by atoms with Gasteiger partial charge in [0.2, 0.25) is 0 Å². The van der Waals surface area contributed by atoms with Crippen LogP contribution in [-0.4, -0.2) is 4.98 Å². The average molecular weight is 213 g/mol. The summed E-state index contributed by atoms with van der Waals surface area (Å²) in [5, 5.41) is 3.07. The number of pyridine rings is 1. The number of benzene rings is 1. The van der Waals surface area contributed by atoms with Gasteiger partial charge in [0.25, 0.3) is 0 Å². The Balaban J connectivity index is 1.97. The molecule has 0 fully saturated rings. The van der Waals surface area contributed by atoms with Crippen molar-refractivity contribution in [1.29, 1.82) is 0 Å². The van der Waals surface area contributed by atoms with E-state index in [2.05, 4.69) is 28.6 Å². The number of hydrogen-bond donors (Lipinski definition) is 0. The van der Waals surface area contributed by atoms with E-state index < -0.39 is 0 Å². The van der Waals surface area contributed by atoms with Gasteiger partial charge >= 0.3 is 0 Å². The first-order chi connectivity index (χ1) is 7.45.